The standard InChI is InChI=1S/C18H17ClFN3O4S/c1-28(26,27)12-5-2-10(3-6-12)16(11-4-7-14(20)13(19)8-11)23-17(24)15-9-21-18(25)22-15/h2-8,15-16H,9H2,1H3,(H,23,24)(H2,21,22,25)/t15-,16+/m0/s1. The van der Waals surface area contributed by atoms with Crippen molar-refractivity contribution in [2.45, 2.75) is 17.0 Å². The Morgan fingerprint density at radius 2 is 1.86 bits per heavy atom. The molecule has 10 heteroatoms. The zero-order chi connectivity index (χ0) is 20.5. The highest BCUT2D eigenvalue weighted by atomic mass is 35.5. The van der Waals surface area contributed by atoms with Gasteiger partial charge in [-0.2, -0.15) is 0 Å². The Morgan fingerprint density at radius 1 is 1.21 bits per heavy atom. The molecule has 2 aromatic carbocycles. The van der Waals surface area contributed by atoms with Gasteiger partial charge in [-0.1, -0.05) is 29.8 Å². The maximum atomic E-state index is 13.6. The van der Waals surface area contributed by atoms with Crippen molar-refractivity contribution in [1.82, 2.24) is 16.0 Å². The number of halogens is 2. The van der Waals surface area contributed by atoms with Gasteiger partial charge >= 0.3 is 6.03 Å². The number of hydrogen-bond donors (Lipinski definition) is 3. The minimum Gasteiger partial charge on any atom is -0.343 e. The summed E-state index contributed by atoms with van der Waals surface area (Å²) in [5, 5.41) is 7.66. The predicted octanol–water partition coefficient (Wildman–Crippen LogP) is 1.77. The third-order valence-electron chi connectivity index (χ3n) is 4.29. The minimum absolute atomic E-state index is 0.111. The summed E-state index contributed by atoms with van der Waals surface area (Å²) in [5.41, 5.74) is 1.07. The van der Waals surface area contributed by atoms with E-state index in [-0.39, 0.29) is 16.5 Å². The maximum absolute atomic E-state index is 13.6. The first kappa shape index (κ1) is 20.1. The molecule has 0 radical (unpaired) electrons. The van der Waals surface area contributed by atoms with Crippen molar-refractivity contribution in [3.63, 3.8) is 0 Å². The summed E-state index contributed by atoms with van der Waals surface area (Å²) >= 11 is 5.88. The number of amides is 3. The molecule has 3 rings (SSSR count). The van der Waals surface area contributed by atoms with Crippen LogP contribution in [-0.2, 0) is 14.6 Å². The van der Waals surface area contributed by atoms with Crippen LogP contribution in [0.15, 0.2) is 47.4 Å². The average molecular weight is 426 g/mol. The fraction of sp³-hybridized carbons (Fsp3) is 0.222. The summed E-state index contributed by atoms with van der Waals surface area (Å²) < 4.78 is 36.9. The molecule has 3 amide bonds. The molecule has 0 aliphatic carbocycles. The molecule has 1 aliphatic heterocycles. The van der Waals surface area contributed by atoms with Gasteiger partial charge in [-0.3, -0.25) is 4.79 Å². The van der Waals surface area contributed by atoms with E-state index in [2.05, 4.69) is 16.0 Å². The molecule has 0 spiro atoms. The monoisotopic (exact) mass is 425 g/mol. The Kier molecular flexibility index (Phi) is 5.57. The average Bonchev–Trinajstić information content (AvgIpc) is 3.08. The van der Waals surface area contributed by atoms with E-state index in [1.807, 2.05) is 0 Å². The van der Waals surface area contributed by atoms with Crippen LogP contribution in [0.2, 0.25) is 5.02 Å². The van der Waals surface area contributed by atoms with E-state index in [1.54, 1.807) is 12.1 Å². The largest absolute Gasteiger partial charge is 0.343 e. The molecule has 1 heterocycles. The van der Waals surface area contributed by atoms with E-state index in [0.29, 0.717) is 11.1 Å². The Balaban J connectivity index is 1.95. The van der Waals surface area contributed by atoms with Gasteiger partial charge in [0.25, 0.3) is 0 Å². The molecule has 2 atom stereocenters. The molecule has 0 aromatic heterocycles. The van der Waals surface area contributed by atoms with Crippen LogP contribution in [-0.4, -0.2) is 39.2 Å². The van der Waals surface area contributed by atoms with E-state index in [9.17, 15) is 22.4 Å². The molecule has 0 bridgehead atoms. The molecular formula is C18H17ClFN3O4S. The molecule has 1 aliphatic rings. The van der Waals surface area contributed by atoms with Gasteiger partial charge in [0.05, 0.1) is 16.0 Å². The van der Waals surface area contributed by atoms with Gasteiger partial charge in [-0.25, -0.2) is 17.6 Å². The summed E-state index contributed by atoms with van der Waals surface area (Å²) in [4.78, 5) is 24.0. The molecule has 0 saturated carbocycles. The fourth-order valence-electron chi connectivity index (χ4n) is 2.81. The van der Waals surface area contributed by atoms with Crippen molar-refractivity contribution in [1.29, 1.82) is 0 Å². The van der Waals surface area contributed by atoms with Gasteiger partial charge in [0, 0.05) is 12.8 Å². The highest BCUT2D eigenvalue weighted by molar-refractivity contribution is 7.90. The van der Waals surface area contributed by atoms with E-state index in [4.69, 9.17) is 11.6 Å². The first-order chi connectivity index (χ1) is 13.1. The molecule has 28 heavy (non-hydrogen) atoms. The zero-order valence-corrected chi connectivity index (χ0v) is 16.3. The molecule has 1 fully saturated rings. The van der Waals surface area contributed by atoms with Gasteiger partial charge in [0.15, 0.2) is 9.84 Å². The van der Waals surface area contributed by atoms with Crippen LogP contribution in [0.3, 0.4) is 0 Å². The third kappa shape index (κ3) is 4.42. The molecule has 148 valence electrons. The highest BCUT2D eigenvalue weighted by Crippen LogP contribution is 2.27. The number of rotatable bonds is 5. The second-order valence-corrected chi connectivity index (χ2v) is 8.79. The van der Waals surface area contributed by atoms with Gasteiger partial charge in [-0.05, 0) is 35.4 Å². The lowest BCUT2D eigenvalue weighted by Gasteiger charge is -2.22. The molecule has 3 N–H and O–H groups in total. The Bertz CT molecular complexity index is 1030. The van der Waals surface area contributed by atoms with Crippen LogP contribution < -0.4 is 16.0 Å². The van der Waals surface area contributed by atoms with E-state index in [1.165, 1.54) is 30.3 Å². The lowest BCUT2D eigenvalue weighted by atomic mass is 9.98. The van der Waals surface area contributed by atoms with E-state index < -0.39 is 39.7 Å². The van der Waals surface area contributed by atoms with Crippen molar-refractivity contribution < 1.29 is 22.4 Å². The summed E-state index contributed by atoms with van der Waals surface area (Å²) in [6.45, 7) is 0.134. The SMILES string of the molecule is CS(=O)(=O)c1ccc([C@@H](NC(=O)[C@@H]2CNC(=O)N2)c2ccc(F)c(Cl)c2)cc1. The Labute approximate surface area is 166 Å². The smallest absolute Gasteiger partial charge is 0.315 e. The maximum Gasteiger partial charge on any atom is 0.315 e. The fourth-order valence-corrected chi connectivity index (χ4v) is 3.63. The number of sulfone groups is 1. The molecular weight excluding hydrogens is 409 g/mol. The molecule has 0 unspecified atom stereocenters. The Hall–Kier alpha value is -2.65. The third-order valence-corrected chi connectivity index (χ3v) is 5.71. The van der Waals surface area contributed by atoms with Crippen LogP contribution in [0, 0.1) is 5.82 Å². The number of urea groups is 1. The second kappa shape index (κ2) is 7.76. The topological polar surface area (TPSA) is 104 Å². The van der Waals surface area contributed by atoms with Gasteiger partial charge in [0.2, 0.25) is 5.91 Å². The van der Waals surface area contributed by atoms with Crippen LogP contribution in [0.4, 0.5) is 9.18 Å². The van der Waals surface area contributed by atoms with Crippen molar-refractivity contribution in [2.24, 2.45) is 0 Å². The Morgan fingerprint density at radius 3 is 2.39 bits per heavy atom. The number of nitrogens with one attached hydrogen (secondary N) is 3. The van der Waals surface area contributed by atoms with E-state index >= 15 is 0 Å². The highest BCUT2D eigenvalue weighted by Gasteiger charge is 2.29. The van der Waals surface area contributed by atoms with Crippen LogP contribution in [0.5, 0.6) is 0 Å². The molecule has 7 nitrogen and oxygen atoms in total. The van der Waals surface area contributed by atoms with Crippen molar-refractivity contribution in [3.8, 4) is 0 Å². The number of hydrogen-bond acceptors (Lipinski definition) is 4. The lowest BCUT2D eigenvalue weighted by Crippen LogP contribution is -2.44. The molecule has 2 aromatic rings. The summed E-state index contributed by atoms with van der Waals surface area (Å²) in [6.07, 6.45) is 1.09. The van der Waals surface area contributed by atoms with E-state index in [0.717, 1.165) is 6.26 Å². The molecule has 1 saturated heterocycles. The predicted molar refractivity (Wildman–Crippen MR) is 101 cm³/mol. The zero-order valence-electron chi connectivity index (χ0n) is 14.7. The number of carbonyl (C=O) groups is 2. The van der Waals surface area contributed by atoms with Crippen molar-refractivity contribution >= 4 is 33.4 Å². The summed E-state index contributed by atoms with van der Waals surface area (Å²) in [6, 6.07) is 8.08. The first-order valence-electron chi connectivity index (χ1n) is 8.25. The first-order valence-corrected chi connectivity index (χ1v) is 10.5. The van der Waals surface area contributed by atoms with Crippen molar-refractivity contribution in [3.05, 3.63) is 64.4 Å². The quantitative estimate of drug-likeness (QED) is 0.679. The second-order valence-electron chi connectivity index (χ2n) is 6.36. The van der Waals surface area contributed by atoms with Crippen LogP contribution in [0.1, 0.15) is 17.2 Å². The summed E-state index contributed by atoms with van der Waals surface area (Å²) in [7, 11) is -3.38. The van der Waals surface area contributed by atoms with Gasteiger partial charge in [-0.15, -0.1) is 0 Å². The summed E-state index contributed by atoms with van der Waals surface area (Å²) in [5.74, 6) is -1.05. The van der Waals surface area contributed by atoms with Crippen LogP contribution in [0.25, 0.3) is 0 Å². The normalized spacial score (nSPS) is 17.5. The number of carbonyl (C=O) groups excluding carboxylic acids is 2. The van der Waals surface area contributed by atoms with Gasteiger partial charge in [0.1, 0.15) is 11.9 Å². The van der Waals surface area contributed by atoms with Gasteiger partial charge < -0.3 is 16.0 Å². The van der Waals surface area contributed by atoms with Crippen LogP contribution >= 0.6 is 11.6 Å². The number of benzene rings is 2. The lowest BCUT2D eigenvalue weighted by molar-refractivity contribution is -0.122. The minimum atomic E-state index is -3.38. The van der Waals surface area contributed by atoms with Crippen molar-refractivity contribution in [2.75, 3.05) is 12.8 Å².